The maximum absolute atomic E-state index is 12.1. The molecule has 1 rings (SSSR count). The summed E-state index contributed by atoms with van der Waals surface area (Å²) in [4.78, 5) is 12.1. The van der Waals surface area contributed by atoms with Crippen molar-refractivity contribution in [2.24, 2.45) is 22.7 Å². The second-order valence-corrected chi connectivity index (χ2v) is 5.21. The van der Waals surface area contributed by atoms with Gasteiger partial charge in [0.1, 0.15) is 5.92 Å². The Hall–Kier alpha value is -2.04. The van der Waals surface area contributed by atoms with Crippen LogP contribution in [0.25, 0.3) is 0 Å². The maximum atomic E-state index is 12.1. The first-order chi connectivity index (χ1) is 9.47. The van der Waals surface area contributed by atoms with Gasteiger partial charge in [0.15, 0.2) is 5.84 Å². The van der Waals surface area contributed by atoms with E-state index in [1.807, 2.05) is 45.0 Å². The first kappa shape index (κ1) is 16.0. The SMILES string of the molecule is Cc1ccccc1CCNC(=O)C(C(N)=NO)C(C)C. The largest absolute Gasteiger partial charge is 0.409 e. The molecule has 0 saturated heterocycles. The van der Waals surface area contributed by atoms with Crippen molar-refractivity contribution in [1.29, 1.82) is 0 Å². The lowest BCUT2D eigenvalue weighted by molar-refractivity contribution is -0.124. The van der Waals surface area contributed by atoms with Crippen LogP contribution in [0.15, 0.2) is 29.4 Å². The molecule has 1 unspecified atom stereocenters. The van der Waals surface area contributed by atoms with E-state index in [0.717, 1.165) is 6.42 Å². The highest BCUT2D eigenvalue weighted by Gasteiger charge is 2.26. The van der Waals surface area contributed by atoms with Crippen LogP contribution in [0.4, 0.5) is 0 Å². The number of hydrogen-bond donors (Lipinski definition) is 3. The minimum absolute atomic E-state index is 0.0237. The smallest absolute Gasteiger partial charge is 0.231 e. The average molecular weight is 277 g/mol. The predicted octanol–water partition coefficient (Wildman–Crippen LogP) is 1.67. The van der Waals surface area contributed by atoms with Gasteiger partial charge in [-0.15, -0.1) is 0 Å². The Kier molecular flexibility index (Phi) is 6.03. The standard InChI is InChI=1S/C15H23N3O2/c1-10(2)13(14(16)18-20)15(19)17-9-8-12-7-5-4-6-11(12)3/h4-7,10,13,20H,8-9H2,1-3H3,(H2,16,18)(H,17,19). The van der Waals surface area contributed by atoms with E-state index in [4.69, 9.17) is 10.9 Å². The quantitative estimate of drug-likeness (QED) is 0.320. The van der Waals surface area contributed by atoms with E-state index in [1.54, 1.807) is 0 Å². The molecule has 0 saturated carbocycles. The lowest BCUT2D eigenvalue weighted by atomic mass is 9.93. The highest BCUT2D eigenvalue weighted by molar-refractivity contribution is 6.02. The first-order valence-corrected chi connectivity index (χ1v) is 6.77. The van der Waals surface area contributed by atoms with Crippen LogP contribution in [0.3, 0.4) is 0 Å². The number of amidine groups is 1. The highest BCUT2D eigenvalue weighted by Crippen LogP contribution is 2.12. The molecule has 0 radical (unpaired) electrons. The van der Waals surface area contributed by atoms with Gasteiger partial charge < -0.3 is 16.3 Å². The first-order valence-electron chi connectivity index (χ1n) is 6.77. The Balaban J connectivity index is 2.56. The van der Waals surface area contributed by atoms with Crippen LogP contribution < -0.4 is 11.1 Å². The fourth-order valence-electron chi connectivity index (χ4n) is 2.16. The number of rotatable bonds is 6. The molecule has 110 valence electrons. The fourth-order valence-corrected chi connectivity index (χ4v) is 2.16. The summed E-state index contributed by atoms with van der Waals surface area (Å²) in [5.74, 6) is -0.876. The van der Waals surface area contributed by atoms with Gasteiger partial charge in [-0.25, -0.2) is 0 Å². The van der Waals surface area contributed by atoms with Crippen molar-refractivity contribution in [2.75, 3.05) is 6.54 Å². The lowest BCUT2D eigenvalue weighted by Gasteiger charge is -2.18. The molecule has 20 heavy (non-hydrogen) atoms. The van der Waals surface area contributed by atoms with Gasteiger partial charge in [-0.2, -0.15) is 0 Å². The zero-order valence-corrected chi connectivity index (χ0v) is 12.3. The van der Waals surface area contributed by atoms with Gasteiger partial charge in [-0.05, 0) is 30.4 Å². The number of nitrogens with two attached hydrogens (primary N) is 1. The molecule has 1 aromatic rings. The monoisotopic (exact) mass is 277 g/mol. The van der Waals surface area contributed by atoms with Gasteiger partial charge in [0, 0.05) is 6.54 Å². The van der Waals surface area contributed by atoms with E-state index < -0.39 is 5.92 Å². The van der Waals surface area contributed by atoms with E-state index in [-0.39, 0.29) is 17.7 Å². The Morgan fingerprint density at radius 3 is 2.60 bits per heavy atom. The maximum Gasteiger partial charge on any atom is 0.231 e. The zero-order valence-electron chi connectivity index (χ0n) is 12.3. The van der Waals surface area contributed by atoms with Gasteiger partial charge in [-0.3, -0.25) is 4.79 Å². The van der Waals surface area contributed by atoms with Crippen molar-refractivity contribution >= 4 is 11.7 Å². The van der Waals surface area contributed by atoms with Crippen LogP contribution in [0.2, 0.25) is 0 Å². The van der Waals surface area contributed by atoms with Crippen LogP contribution >= 0.6 is 0 Å². The summed E-state index contributed by atoms with van der Waals surface area (Å²) in [6, 6.07) is 8.07. The molecule has 0 aliphatic heterocycles. The Labute approximate surface area is 119 Å². The van der Waals surface area contributed by atoms with Gasteiger partial charge in [0.25, 0.3) is 0 Å². The summed E-state index contributed by atoms with van der Waals surface area (Å²) in [5.41, 5.74) is 7.98. The normalized spacial score (nSPS) is 13.3. The second-order valence-electron chi connectivity index (χ2n) is 5.21. The summed E-state index contributed by atoms with van der Waals surface area (Å²) in [5, 5.41) is 14.5. The molecular formula is C15H23N3O2. The van der Waals surface area contributed by atoms with Crippen molar-refractivity contribution in [1.82, 2.24) is 5.32 Å². The topological polar surface area (TPSA) is 87.7 Å². The minimum Gasteiger partial charge on any atom is -0.409 e. The number of carbonyl (C=O) groups is 1. The third-order valence-electron chi connectivity index (χ3n) is 3.34. The van der Waals surface area contributed by atoms with Crippen LogP contribution in [-0.4, -0.2) is 23.5 Å². The number of aryl methyl sites for hydroxylation is 1. The van der Waals surface area contributed by atoms with Gasteiger partial charge >= 0.3 is 0 Å². The molecule has 0 aromatic heterocycles. The van der Waals surface area contributed by atoms with Crippen molar-refractivity contribution in [3.63, 3.8) is 0 Å². The van der Waals surface area contributed by atoms with E-state index in [1.165, 1.54) is 11.1 Å². The molecule has 0 aliphatic rings. The molecule has 1 aromatic carbocycles. The van der Waals surface area contributed by atoms with Crippen molar-refractivity contribution < 1.29 is 10.0 Å². The summed E-state index contributed by atoms with van der Waals surface area (Å²) < 4.78 is 0. The number of amides is 1. The van der Waals surface area contributed by atoms with Crippen LogP contribution in [-0.2, 0) is 11.2 Å². The van der Waals surface area contributed by atoms with Crippen LogP contribution in [0.5, 0.6) is 0 Å². The lowest BCUT2D eigenvalue weighted by Crippen LogP contribution is -2.42. The van der Waals surface area contributed by atoms with Crippen molar-refractivity contribution in [3.8, 4) is 0 Å². The molecular weight excluding hydrogens is 254 g/mol. The Bertz CT molecular complexity index is 484. The molecule has 4 N–H and O–H groups in total. The number of oxime groups is 1. The Morgan fingerprint density at radius 2 is 2.05 bits per heavy atom. The third kappa shape index (κ3) is 4.26. The van der Waals surface area contributed by atoms with Crippen LogP contribution in [0, 0.1) is 18.8 Å². The number of hydrogen-bond acceptors (Lipinski definition) is 3. The molecule has 1 atom stereocenters. The zero-order chi connectivity index (χ0) is 15.1. The third-order valence-corrected chi connectivity index (χ3v) is 3.34. The van der Waals surface area contributed by atoms with E-state index in [9.17, 15) is 4.79 Å². The second kappa shape index (κ2) is 7.53. The number of nitrogens with one attached hydrogen (secondary N) is 1. The predicted molar refractivity (Wildman–Crippen MR) is 79.6 cm³/mol. The number of carbonyl (C=O) groups excluding carboxylic acids is 1. The fraction of sp³-hybridized carbons (Fsp3) is 0.467. The minimum atomic E-state index is -0.600. The summed E-state index contributed by atoms with van der Waals surface area (Å²) in [6.07, 6.45) is 0.763. The van der Waals surface area contributed by atoms with Crippen LogP contribution in [0.1, 0.15) is 25.0 Å². The summed E-state index contributed by atoms with van der Waals surface area (Å²) in [6.45, 7) is 6.31. The molecule has 0 aliphatic carbocycles. The highest BCUT2D eigenvalue weighted by atomic mass is 16.4. The van der Waals surface area contributed by atoms with Gasteiger partial charge in [-0.1, -0.05) is 43.3 Å². The molecule has 0 fully saturated rings. The number of nitrogens with zero attached hydrogens (tertiary/aromatic N) is 1. The summed E-state index contributed by atoms with van der Waals surface area (Å²) >= 11 is 0. The number of benzene rings is 1. The molecule has 0 spiro atoms. The molecule has 0 heterocycles. The molecule has 5 nitrogen and oxygen atoms in total. The molecule has 1 amide bonds. The van der Waals surface area contributed by atoms with E-state index >= 15 is 0 Å². The van der Waals surface area contributed by atoms with Crippen molar-refractivity contribution in [3.05, 3.63) is 35.4 Å². The van der Waals surface area contributed by atoms with E-state index in [2.05, 4.69) is 10.5 Å². The van der Waals surface area contributed by atoms with Gasteiger partial charge in [0.2, 0.25) is 5.91 Å². The summed E-state index contributed by atoms with van der Waals surface area (Å²) in [7, 11) is 0. The van der Waals surface area contributed by atoms with Crippen molar-refractivity contribution in [2.45, 2.75) is 27.2 Å². The molecule has 5 heteroatoms. The average Bonchev–Trinajstić information content (AvgIpc) is 2.40. The van der Waals surface area contributed by atoms with E-state index in [0.29, 0.717) is 6.54 Å². The Morgan fingerprint density at radius 1 is 1.40 bits per heavy atom. The molecule has 0 bridgehead atoms. The van der Waals surface area contributed by atoms with Gasteiger partial charge in [0.05, 0.1) is 0 Å².